The van der Waals surface area contributed by atoms with Crippen molar-refractivity contribution in [1.29, 1.82) is 5.26 Å². The van der Waals surface area contributed by atoms with Gasteiger partial charge < -0.3 is 10.2 Å². The molecule has 1 aromatic carbocycles. The summed E-state index contributed by atoms with van der Waals surface area (Å²) in [5.74, 6) is -1.06. The summed E-state index contributed by atoms with van der Waals surface area (Å²) < 4.78 is 42.1. The average Bonchev–Trinajstić information content (AvgIpc) is 2.54. The molecule has 2 heterocycles. The lowest BCUT2D eigenvalue weighted by atomic mass is 9.91. The van der Waals surface area contributed by atoms with Gasteiger partial charge in [-0.05, 0) is 12.2 Å². The number of alkyl halides is 3. The number of fused-ring (bicyclic) bond motifs is 1. The molecule has 0 unspecified atom stereocenters. The van der Waals surface area contributed by atoms with Crippen LogP contribution in [0.4, 0.5) is 13.2 Å². The Balaban J connectivity index is 2.33. The first-order valence-electron chi connectivity index (χ1n) is 6.65. The quantitative estimate of drug-likeness (QED) is 0.866. The largest absolute Gasteiger partial charge is 0.435 e. The molecule has 0 aromatic heterocycles. The Morgan fingerprint density at radius 2 is 1.87 bits per heavy atom. The van der Waals surface area contributed by atoms with Crippen LogP contribution in [0.25, 0.3) is 0 Å². The van der Waals surface area contributed by atoms with E-state index in [1.807, 2.05) is 5.32 Å². The number of nitrogens with one attached hydrogen (secondary N) is 1. The molecule has 2 aliphatic heterocycles. The van der Waals surface area contributed by atoms with Crippen molar-refractivity contribution in [2.45, 2.75) is 11.8 Å². The highest BCUT2D eigenvalue weighted by Crippen LogP contribution is 2.47. The van der Waals surface area contributed by atoms with Gasteiger partial charge in [-0.1, -0.05) is 36.4 Å². The van der Waals surface area contributed by atoms with Crippen molar-refractivity contribution in [3.05, 3.63) is 71.6 Å². The smallest absolute Gasteiger partial charge is 0.317 e. The van der Waals surface area contributed by atoms with Crippen LogP contribution in [-0.2, 0) is 10.5 Å². The van der Waals surface area contributed by atoms with Crippen molar-refractivity contribution in [3.8, 4) is 6.07 Å². The molecule has 1 aromatic rings. The number of hydrogen-bond acceptors (Lipinski definition) is 3. The molecular weight excluding hydrogens is 307 g/mol. The predicted octanol–water partition coefficient (Wildman–Crippen LogP) is 2.69. The second kappa shape index (κ2) is 5.02. The molecule has 1 amide bonds. The molecular formula is C16H10F3N3O. The zero-order chi connectivity index (χ0) is 16.7. The van der Waals surface area contributed by atoms with Crippen molar-refractivity contribution in [3.63, 3.8) is 0 Å². The SMILES string of the molecule is N#CC1=C2C=CC=CN2[C@@](c2ccccc2)(C(F)(F)F)NC1=O. The van der Waals surface area contributed by atoms with Gasteiger partial charge in [-0.3, -0.25) is 4.79 Å². The van der Waals surface area contributed by atoms with Crippen LogP contribution in [0.3, 0.4) is 0 Å². The van der Waals surface area contributed by atoms with Gasteiger partial charge in [0.25, 0.3) is 5.91 Å². The van der Waals surface area contributed by atoms with E-state index in [2.05, 4.69) is 0 Å². The Bertz CT molecular complexity index is 787. The van der Waals surface area contributed by atoms with E-state index in [-0.39, 0.29) is 16.8 Å². The zero-order valence-corrected chi connectivity index (χ0v) is 11.6. The minimum absolute atomic E-state index is 0.0834. The summed E-state index contributed by atoms with van der Waals surface area (Å²) in [6.07, 6.45) is 0.604. The van der Waals surface area contributed by atoms with Crippen LogP contribution >= 0.6 is 0 Å². The molecule has 3 rings (SSSR count). The number of hydrogen-bond donors (Lipinski definition) is 1. The fourth-order valence-corrected chi connectivity index (χ4v) is 2.71. The molecule has 0 spiro atoms. The maximum absolute atomic E-state index is 14.0. The third-order valence-electron chi connectivity index (χ3n) is 3.71. The van der Waals surface area contributed by atoms with Crippen LogP contribution in [0, 0.1) is 11.3 Å². The van der Waals surface area contributed by atoms with E-state index in [1.54, 1.807) is 12.1 Å². The third-order valence-corrected chi connectivity index (χ3v) is 3.71. The van der Waals surface area contributed by atoms with Gasteiger partial charge in [-0.25, -0.2) is 0 Å². The van der Waals surface area contributed by atoms with Crippen LogP contribution < -0.4 is 5.32 Å². The Morgan fingerprint density at radius 1 is 1.17 bits per heavy atom. The molecule has 4 nitrogen and oxygen atoms in total. The van der Waals surface area contributed by atoms with E-state index < -0.39 is 17.7 Å². The fraction of sp³-hybridized carbons (Fsp3) is 0.125. The number of halogens is 3. The van der Waals surface area contributed by atoms with Crippen LogP contribution in [-0.4, -0.2) is 17.0 Å². The van der Waals surface area contributed by atoms with Gasteiger partial charge in [0.05, 0.1) is 5.70 Å². The van der Waals surface area contributed by atoms with E-state index in [1.165, 1.54) is 48.7 Å². The average molecular weight is 317 g/mol. The molecule has 1 N–H and O–H groups in total. The summed E-state index contributed by atoms with van der Waals surface area (Å²) in [7, 11) is 0. The number of benzene rings is 1. The van der Waals surface area contributed by atoms with Crippen LogP contribution in [0.15, 0.2) is 66.0 Å². The predicted molar refractivity (Wildman–Crippen MR) is 75.1 cm³/mol. The van der Waals surface area contributed by atoms with Gasteiger partial charge in [-0.2, -0.15) is 18.4 Å². The molecule has 2 aliphatic rings. The Morgan fingerprint density at radius 3 is 2.48 bits per heavy atom. The molecule has 0 radical (unpaired) electrons. The lowest BCUT2D eigenvalue weighted by molar-refractivity contribution is -0.237. The van der Waals surface area contributed by atoms with Crippen LogP contribution in [0.1, 0.15) is 5.56 Å². The van der Waals surface area contributed by atoms with Crippen LogP contribution in [0.5, 0.6) is 0 Å². The molecule has 7 heteroatoms. The number of rotatable bonds is 1. The zero-order valence-electron chi connectivity index (χ0n) is 11.6. The van der Waals surface area contributed by atoms with E-state index in [4.69, 9.17) is 5.26 Å². The monoisotopic (exact) mass is 317 g/mol. The van der Waals surface area contributed by atoms with E-state index in [0.29, 0.717) is 0 Å². The van der Waals surface area contributed by atoms with Gasteiger partial charge in [-0.15, -0.1) is 0 Å². The number of nitrogens with zero attached hydrogens (tertiary/aromatic N) is 2. The lowest BCUT2D eigenvalue weighted by Crippen LogP contribution is -2.67. The Hall–Kier alpha value is -3.01. The van der Waals surface area contributed by atoms with E-state index >= 15 is 0 Å². The molecule has 0 bridgehead atoms. The summed E-state index contributed by atoms with van der Waals surface area (Å²) in [5, 5.41) is 11.1. The van der Waals surface area contributed by atoms with Gasteiger partial charge >= 0.3 is 6.18 Å². The van der Waals surface area contributed by atoms with Crippen molar-refractivity contribution >= 4 is 5.91 Å². The molecule has 23 heavy (non-hydrogen) atoms. The number of amides is 1. The maximum Gasteiger partial charge on any atom is 0.435 e. The normalized spacial score (nSPS) is 23.4. The highest BCUT2D eigenvalue weighted by atomic mass is 19.4. The molecule has 0 saturated carbocycles. The number of carbonyl (C=O) groups excluding carboxylic acids is 1. The second-order valence-electron chi connectivity index (χ2n) is 4.97. The van der Waals surface area contributed by atoms with E-state index in [9.17, 15) is 18.0 Å². The molecule has 0 fully saturated rings. The third kappa shape index (κ3) is 2.03. The molecule has 0 aliphatic carbocycles. The first kappa shape index (κ1) is 14.9. The van der Waals surface area contributed by atoms with Crippen LogP contribution in [0.2, 0.25) is 0 Å². The molecule has 116 valence electrons. The van der Waals surface area contributed by atoms with Gasteiger partial charge in [0.1, 0.15) is 11.6 Å². The van der Waals surface area contributed by atoms with Crippen molar-refractivity contribution in [2.24, 2.45) is 0 Å². The molecule has 1 atom stereocenters. The highest BCUT2D eigenvalue weighted by Gasteiger charge is 2.63. The first-order valence-corrected chi connectivity index (χ1v) is 6.65. The van der Waals surface area contributed by atoms with Gasteiger partial charge in [0.15, 0.2) is 0 Å². The summed E-state index contributed by atoms with van der Waals surface area (Å²) in [4.78, 5) is 13.0. The Kier molecular flexibility index (Phi) is 3.25. The summed E-state index contributed by atoms with van der Waals surface area (Å²) >= 11 is 0. The standard InChI is InChI=1S/C16H10F3N3O/c17-16(18,19)15(11-6-2-1-3-7-11)21-14(23)12(10-20)13-8-4-5-9-22(13)15/h1-9H,(H,21,23)/t15-/m0/s1. The minimum Gasteiger partial charge on any atom is -0.317 e. The summed E-state index contributed by atoms with van der Waals surface area (Å²) in [6, 6.07) is 8.75. The van der Waals surface area contributed by atoms with Crippen molar-refractivity contribution in [2.75, 3.05) is 0 Å². The number of nitriles is 1. The summed E-state index contributed by atoms with van der Waals surface area (Å²) in [5.41, 5.74) is -3.35. The van der Waals surface area contributed by atoms with Crippen molar-refractivity contribution < 1.29 is 18.0 Å². The first-order chi connectivity index (χ1) is 10.9. The topological polar surface area (TPSA) is 56.1 Å². The second-order valence-corrected chi connectivity index (χ2v) is 4.97. The fourth-order valence-electron chi connectivity index (χ4n) is 2.71. The summed E-state index contributed by atoms with van der Waals surface area (Å²) in [6.45, 7) is 0. The maximum atomic E-state index is 14.0. The Labute approximate surface area is 129 Å². The van der Waals surface area contributed by atoms with E-state index in [0.717, 1.165) is 4.90 Å². The van der Waals surface area contributed by atoms with Gasteiger partial charge in [0.2, 0.25) is 5.66 Å². The highest BCUT2D eigenvalue weighted by molar-refractivity contribution is 6.00. The van der Waals surface area contributed by atoms with Crippen molar-refractivity contribution in [1.82, 2.24) is 10.2 Å². The number of allylic oxidation sites excluding steroid dienone is 3. The van der Waals surface area contributed by atoms with Gasteiger partial charge in [0, 0.05) is 11.8 Å². The lowest BCUT2D eigenvalue weighted by Gasteiger charge is -2.48. The molecule has 0 saturated heterocycles. The minimum atomic E-state index is -4.81. The number of carbonyl (C=O) groups is 1.